The fourth-order valence-electron chi connectivity index (χ4n) is 1.60. The number of halogens is 1. The molecule has 0 spiro atoms. The van der Waals surface area contributed by atoms with Crippen molar-refractivity contribution < 1.29 is 14.6 Å². The van der Waals surface area contributed by atoms with E-state index in [2.05, 4.69) is 5.32 Å². The van der Waals surface area contributed by atoms with E-state index >= 15 is 0 Å². The molecule has 0 radical (unpaired) electrons. The molecule has 1 heterocycles. The van der Waals surface area contributed by atoms with Gasteiger partial charge in [0, 0.05) is 12.1 Å². The number of carbonyl (C=O) groups is 1. The molecule has 0 saturated carbocycles. The molecule has 1 aliphatic heterocycles. The van der Waals surface area contributed by atoms with Crippen molar-refractivity contribution in [3.63, 3.8) is 0 Å². The number of hydrogen-bond donors (Lipinski definition) is 2. The van der Waals surface area contributed by atoms with E-state index in [-0.39, 0.29) is 34.8 Å². The molecule has 0 aliphatic carbocycles. The summed E-state index contributed by atoms with van der Waals surface area (Å²) >= 11 is 0. The lowest BCUT2D eigenvalue weighted by atomic mass is 10.0. The Balaban J connectivity index is 0.00000112. The molecule has 15 heavy (non-hydrogen) atoms. The lowest BCUT2D eigenvalue weighted by Crippen LogP contribution is -2.16. The molecule has 82 valence electrons. The van der Waals surface area contributed by atoms with Crippen molar-refractivity contribution in [2.45, 2.75) is 6.10 Å². The van der Waals surface area contributed by atoms with Gasteiger partial charge in [-0.1, -0.05) is 6.07 Å². The van der Waals surface area contributed by atoms with Crippen LogP contribution in [0.1, 0.15) is 22.0 Å². The van der Waals surface area contributed by atoms with Gasteiger partial charge in [0.15, 0.2) is 0 Å². The number of ether oxygens (including phenoxy) is 1. The number of cyclic esters (lactones) is 1. The number of likely N-dealkylation sites (N-methyl/N-ethyl adjacent to an activating group) is 1. The molecule has 2 N–H and O–H groups in total. The summed E-state index contributed by atoms with van der Waals surface area (Å²) < 4.78 is 5.11. The lowest BCUT2D eigenvalue weighted by molar-refractivity contribution is 0.0390. The van der Waals surface area contributed by atoms with Crippen LogP contribution >= 0.6 is 17.0 Å². The minimum Gasteiger partial charge on any atom is -0.508 e. The number of phenolic OH excluding ortho intramolecular Hbond substituents is 1. The maximum atomic E-state index is 11.3. The van der Waals surface area contributed by atoms with Gasteiger partial charge in [-0.25, -0.2) is 4.79 Å². The molecule has 0 fully saturated rings. The summed E-state index contributed by atoms with van der Waals surface area (Å²) in [7, 11) is 1.80. The van der Waals surface area contributed by atoms with Crippen LogP contribution in [0.25, 0.3) is 0 Å². The summed E-state index contributed by atoms with van der Waals surface area (Å²) in [4.78, 5) is 11.3. The number of hydrogen-bond acceptors (Lipinski definition) is 4. The first-order valence-corrected chi connectivity index (χ1v) is 4.41. The fourth-order valence-corrected chi connectivity index (χ4v) is 1.60. The minimum atomic E-state index is -0.365. The fraction of sp³-hybridized carbons (Fsp3) is 0.300. The Morgan fingerprint density at radius 3 is 2.93 bits per heavy atom. The van der Waals surface area contributed by atoms with Crippen molar-refractivity contribution >= 4 is 23.0 Å². The van der Waals surface area contributed by atoms with Gasteiger partial charge in [0.2, 0.25) is 0 Å². The molecule has 0 saturated heterocycles. The highest BCUT2D eigenvalue weighted by Gasteiger charge is 2.30. The summed E-state index contributed by atoms with van der Waals surface area (Å²) in [6, 6.07) is 4.72. The van der Waals surface area contributed by atoms with Crippen LogP contribution in [0.2, 0.25) is 0 Å². The van der Waals surface area contributed by atoms with Crippen molar-refractivity contribution in [3.8, 4) is 5.75 Å². The summed E-state index contributed by atoms with van der Waals surface area (Å²) in [5.74, 6) is -0.276. The van der Waals surface area contributed by atoms with Crippen molar-refractivity contribution in [1.82, 2.24) is 5.32 Å². The largest absolute Gasteiger partial charge is 0.508 e. The first kappa shape index (κ1) is 12.0. The summed E-state index contributed by atoms with van der Waals surface area (Å²) in [5, 5.41) is 12.2. The number of nitrogens with one attached hydrogen (secondary N) is 1. The van der Waals surface area contributed by atoms with Crippen LogP contribution in [0.15, 0.2) is 18.2 Å². The predicted molar refractivity (Wildman–Crippen MR) is 60.5 cm³/mol. The van der Waals surface area contributed by atoms with E-state index in [0.717, 1.165) is 5.56 Å². The van der Waals surface area contributed by atoms with Crippen LogP contribution in [-0.2, 0) is 4.74 Å². The molecule has 0 bridgehead atoms. The molecule has 1 aromatic carbocycles. The van der Waals surface area contributed by atoms with Gasteiger partial charge < -0.3 is 15.2 Å². The standard InChI is InChI=1S/C10H11NO3.BrH/c1-11-5-9-7-3-2-6(12)4-8(7)10(13)14-9;/h2-4,9,11-12H,5H2,1H3;1H. The van der Waals surface area contributed by atoms with Crippen molar-refractivity contribution in [2.75, 3.05) is 13.6 Å². The molecular weight excluding hydrogens is 262 g/mol. The second-order valence-electron chi connectivity index (χ2n) is 3.22. The van der Waals surface area contributed by atoms with Gasteiger partial charge in [0.05, 0.1) is 5.56 Å². The van der Waals surface area contributed by atoms with Crippen LogP contribution in [0.5, 0.6) is 5.75 Å². The van der Waals surface area contributed by atoms with Crippen LogP contribution in [-0.4, -0.2) is 24.7 Å². The first-order valence-electron chi connectivity index (χ1n) is 4.41. The van der Waals surface area contributed by atoms with Gasteiger partial charge >= 0.3 is 5.97 Å². The number of aromatic hydroxyl groups is 1. The second-order valence-corrected chi connectivity index (χ2v) is 3.22. The third-order valence-corrected chi connectivity index (χ3v) is 2.24. The van der Waals surface area contributed by atoms with Gasteiger partial charge in [-0.05, 0) is 19.2 Å². The molecule has 2 rings (SSSR count). The van der Waals surface area contributed by atoms with E-state index < -0.39 is 0 Å². The van der Waals surface area contributed by atoms with Gasteiger partial charge in [-0.2, -0.15) is 0 Å². The number of phenols is 1. The molecule has 1 atom stereocenters. The van der Waals surface area contributed by atoms with Gasteiger partial charge in [0.1, 0.15) is 11.9 Å². The van der Waals surface area contributed by atoms with Crippen molar-refractivity contribution in [1.29, 1.82) is 0 Å². The SMILES string of the molecule is Br.CNCC1OC(=O)c2cc(O)ccc21. The molecule has 1 aliphatic rings. The molecule has 0 aromatic heterocycles. The Hall–Kier alpha value is -1.07. The lowest BCUT2D eigenvalue weighted by Gasteiger charge is -2.08. The number of carbonyl (C=O) groups excluding carboxylic acids is 1. The first-order chi connectivity index (χ1) is 6.72. The highest BCUT2D eigenvalue weighted by Crippen LogP contribution is 2.32. The molecule has 1 unspecified atom stereocenters. The molecule has 5 heteroatoms. The Morgan fingerprint density at radius 1 is 1.53 bits per heavy atom. The van der Waals surface area contributed by atoms with E-state index in [0.29, 0.717) is 12.1 Å². The van der Waals surface area contributed by atoms with E-state index in [1.807, 2.05) is 0 Å². The Labute approximate surface area is 98.0 Å². The Morgan fingerprint density at radius 2 is 2.27 bits per heavy atom. The highest BCUT2D eigenvalue weighted by atomic mass is 79.9. The Bertz CT molecular complexity index is 381. The maximum Gasteiger partial charge on any atom is 0.339 e. The van der Waals surface area contributed by atoms with Crippen LogP contribution < -0.4 is 5.32 Å². The topological polar surface area (TPSA) is 58.6 Å². The summed E-state index contributed by atoms with van der Waals surface area (Å²) in [6.07, 6.45) is -0.233. The third-order valence-electron chi connectivity index (χ3n) is 2.24. The van der Waals surface area contributed by atoms with E-state index in [1.54, 1.807) is 19.2 Å². The molecular formula is C10H12BrNO3. The summed E-state index contributed by atoms with van der Waals surface area (Å²) in [5.41, 5.74) is 1.30. The Kier molecular flexibility index (Phi) is 3.71. The minimum absolute atomic E-state index is 0. The number of benzene rings is 1. The zero-order valence-electron chi connectivity index (χ0n) is 8.19. The average molecular weight is 274 g/mol. The monoisotopic (exact) mass is 273 g/mol. The van der Waals surface area contributed by atoms with Crippen LogP contribution in [0.4, 0.5) is 0 Å². The molecule has 4 nitrogen and oxygen atoms in total. The smallest absolute Gasteiger partial charge is 0.339 e. The van der Waals surface area contributed by atoms with Gasteiger partial charge in [-0.15, -0.1) is 17.0 Å². The quantitative estimate of drug-likeness (QED) is 0.800. The van der Waals surface area contributed by atoms with Gasteiger partial charge in [0.25, 0.3) is 0 Å². The number of esters is 1. The van der Waals surface area contributed by atoms with Crippen LogP contribution in [0.3, 0.4) is 0 Å². The van der Waals surface area contributed by atoms with E-state index in [4.69, 9.17) is 4.74 Å². The zero-order valence-corrected chi connectivity index (χ0v) is 9.90. The normalized spacial score (nSPS) is 17.9. The van der Waals surface area contributed by atoms with E-state index in [1.165, 1.54) is 6.07 Å². The second kappa shape index (κ2) is 4.63. The molecule has 1 aromatic rings. The summed E-state index contributed by atoms with van der Waals surface area (Å²) in [6.45, 7) is 0.587. The number of rotatable bonds is 2. The predicted octanol–water partition coefficient (Wildman–Crippen LogP) is 1.40. The maximum absolute atomic E-state index is 11.3. The van der Waals surface area contributed by atoms with Crippen LogP contribution in [0, 0.1) is 0 Å². The average Bonchev–Trinajstić information content (AvgIpc) is 2.44. The van der Waals surface area contributed by atoms with Crippen molar-refractivity contribution in [2.24, 2.45) is 0 Å². The highest BCUT2D eigenvalue weighted by molar-refractivity contribution is 8.93. The third kappa shape index (κ3) is 2.13. The van der Waals surface area contributed by atoms with E-state index in [9.17, 15) is 9.90 Å². The number of fused-ring (bicyclic) bond motifs is 1. The zero-order chi connectivity index (χ0) is 10.1. The molecule has 0 amide bonds. The van der Waals surface area contributed by atoms with Crippen molar-refractivity contribution in [3.05, 3.63) is 29.3 Å². The van der Waals surface area contributed by atoms with Gasteiger partial charge in [-0.3, -0.25) is 0 Å².